The third kappa shape index (κ3) is 3.37. The van der Waals surface area contributed by atoms with Crippen molar-refractivity contribution < 1.29 is 9.94 Å². The van der Waals surface area contributed by atoms with Gasteiger partial charge in [0.1, 0.15) is 5.75 Å². The quantitative estimate of drug-likeness (QED) is 0.365. The molecule has 0 bridgehead atoms. The van der Waals surface area contributed by atoms with Gasteiger partial charge in [-0.05, 0) is 37.5 Å². The average molecular weight is 236 g/mol. The minimum atomic E-state index is 0.0657. The SMILES string of the molecule is Cc1ccc(C(N)=NO)c(OC(C)C(C)C)c1. The van der Waals surface area contributed by atoms with Gasteiger partial charge in [-0.15, -0.1) is 0 Å². The smallest absolute Gasteiger partial charge is 0.173 e. The number of ether oxygens (including phenoxy) is 1. The molecule has 0 saturated carbocycles. The number of rotatable bonds is 4. The molecule has 3 N–H and O–H groups in total. The Morgan fingerprint density at radius 2 is 2.00 bits per heavy atom. The first kappa shape index (κ1) is 13.4. The van der Waals surface area contributed by atoms with Crippen molar-refractivity contribution in [1.82, 2.24) is 0 Å². The van der Waals surface area contributed by atoms with Gasteiger partial charge in [0.25, 0.3) is 0 Å². The predicted molar refractivity (Wildman–Crippen MR) is 68.6 cm³/mol. The van der Waals surface area contributed by atoms with E-state index in [0.29, 0.717) is 17.2 Å². The van der Waals surface area contributed by atoms with Crippen LogP contribution in [0.2, 0.25) is 0 Å². The second-order valence-corrected chi connectivity index (χ2v) is 4.55. The summed E-state index contributed by atoms with van der Waals surface area (Å²) in [5.41, 5.74) is 7.31. The lowest BCUT2D eigenvalue weighted by Crippen LogP contribution is -2.22. The van der Waals surface area contributed by atoms with Crippen molar-refractivity contribution in [2.75, 3.05) is 0 Å². The van der Waals surface area contributed by atoms with Crippen molar-refractivity contribution in [2.24, 2.45) is 16.8 Å². The average Bonchev–Trinajstić information content (AvgIpc) is 2.28. The lowest BCUT2D eigenvalue weighted by Gasteiger charge is -2.20. The molecule has 17 heavy (non-hydrogen) atoms. The lowest BCUT2D eigenvalue weighted by molar-refractivity contribution is 0.170. The Labute approximate surface area is 102 Å². The maximum absolute atomic E-state index is 8.73. The number of hydrogen-bond donors (Lipinski definition) is 2. The molecule has 0 aliphatic heterocycles. The highest BCUT2D eigenvalue weighted by Gasteiger charge is 2.14. The topological polar surface area (TPSA) is 67.8 Å². The van der Waals surface area contributed by atoms with E-state index in [9.17, 15) is 0 Å². The second kappa shape index (κ2) is 5.57. The van der Waals surface area contributed by atoms with Gasteiger partial charge in [0, 0.05) is 0 Å². The Kier molecular flexibility index (Phi) is 4.37. The fourth-order valence-electron chi connectivity index (χ4n) is 1.33. The predicted octanol–water partition coefficient (Wildman–Crippen LogP) is 2.51. The van der Waals surface area contributed by atoms with Crippen molar-refractivity contribution in [3.8, 4) is 5.75 Å². The standard InChI is InChI=1S/C13H20N2O2/c1-8(2)10(4)17-12-7-9(3)5-6-11(12)13(14)15-16/h5-8,10,16H,1-4H3,(H2,14,15). The van der Waals surface area contributed by atoms with Gasteiger partial charge in [-0.1, -0.05) is 25.1 Å². The van der Waals surface area contributed by atoms with Crippen LogP contribution in [0.15, 0.2) is 23.4 Å². The Hall–Kier alpha value is -1.71. The van der Waals surface area contributed by atoms with Crippen LogP contribution >= 0.6 is 0 Å². The van der Waals surface area contributed by atoms with Crippen LogP contribution in [-0.2, 0) is 0 Å². The van der Waals surface area contributed by atoms with Gasteiger partial charge in [0.2, 0.25) is 0 Å². The highest BCUT2D eigenvalue weighted by molar-refractivity contribution is 5.99. The van der Waals surface area contributed by atoms with E-state index in [1.165, 1.54) is 0 Å². The van der Waals surface area contributed by atoms with E-state index in [1.807, 2.05) is 26.0 Å². The number of nitrogens with zero attached hydrogens (tertiary/aromatic N) is 1. The lowest BCUT2D eigenvalue weighted by atomic mass is 10.1. The molecule has 1 aromatic rings. The van der Waals surface area contributed by atoms with E-state index >= 15 is 0 Å². The fourth-order valence-corrected chi connectivity index (χ4v) is 1.33. The Bertz CT molecular complexity index is 414. The van der Waals surface area contributed by atoms with Crippen molar-refractivity contribution >= 4 is 5.84 Å². The second-order valence-electron chi connectivity index (χ2n) is 4.55. The third-order valence-electron chi connectivity index (χ3n) is 2.77. The maximum atomic E-state index is 8.73. The molecular weight excluding hydrogens is 216 g/mol. The molecule has 0 fully saturated rings. The zero-order valence-corrected chi connectivity index (χ0v) is 10.8. The zero-order chi connectivity index (χ0) is 13.0. The molecule has 4 heteroatoms. The summed E-state index contributed by atoms with van der Waals surface area (Å²) in [6.45, 7) is 8.15. The Morgan fingerprint density at radius 1 is 1.35 bits per heavy atom. The molecule has 0 spiro atoms. The van der Waals surface area contributed by atoms with Crippen molar-refractivity contribution in [2.45, 2.75) is 33.8 Å². The van der Waals surface area contributed by atoms with E-state index in [1.54, 1.807) is 6.07 Å². The number of amidine groups is 1. The summed E-state index contributed by atoms with van der Waals surface area (Å²) in [6.07, 6.45) is 0.0713. The molecule has 1 rings (SSSR count). The van der Waals surface area contributed by atoms with Gasteiger partial charge in [-0.3, -0.25) is 0 Å². The summed E-state index contributed by atoms with van der Waals surface area (Å²) in [4.78, 5) is 0. The molecular formula is C13H20N2O2. The van der Waals surface area contributed by atoms with E-state index in [4.69, 9.17) is 15.7 Å². The maximum Gasteiger partial charge on any atom is 0.173 e. The first-order valence-corrected chi connectivity index (χ1v) is 5.71. The van der Waals surface area contributed by atoms with Gasteiger partial charge in [0.05, 0.1) is 11.7 Å². The number of aryl methyl sites for hydroxylation is 1. The third-order valence-corrected chi connectivity index (χ3v) is 2.77. The van der Waals surface area contributed by atoms with Crippen LogP contribution in [0.5, 0.6) is 5.75 Å². The summed E-state index contributed by atoms with van der Waals surface area (Å²) in [5, 5.41) is 11.7. The van der Waals surface area contributed by atoms with Crippen LogP contribution in [0.4, 0.5) is 0 Å². The molecule has 0 saturated heterocycles. The Balaban J connectivity index is 3.07. The van der Waals surface area contributed by atoms with Crippen LogP contribution in [0.3, 0.4) is 0 Å². The summed E-state index contributed by atoms with van der Waals surface area (Å²) in [6, 6.07) is 5.60. The van der Waals surface area contributed by atoms with Crippen LogP contribution in [-0.4, -0.2) is 17.1 Å². The number of oxime groups is 1. The number of hydrogen-bond acceptors (Lipinski definition) is 3. The molecule has 0 heterocycles. The van der Waals surface area contributed by atoms with Gasteiger partial charge < -0.3 is 15.7 Å². The monoisotopic (exact) mass is 236 g/mol. The molecule has 0 amide bonds. The van der Waals surface area contributed by atoms with Crippen molar-refractivity contribution in [1.29, 1.82) is 0 Å². The van der Waals surface area contributed by atoms with Crippen LogP contribution in [0, 0.1) is 12.8 Å². The Morgan fingerprint density at radius 3 is 2.53 bits per heavy atom. The minimum absolute atomic E-state index is 0.0657. The summed E-state index contributed by atoms with van der Waals surface area (Å²) in [7, 11) is 0. The normalized spacial score (nSPS) is 13.8. The molecule has 1 atom stereocenters. The van der Waals surface area contributed by atoms with E-state index in [0.717, 1.165) is 5.56 Å². The van der Waals surface area contributed by atoms with Gasteiger partial charge in [0.15, 0.2) is 5.84 Å². The minimum Gasteiger partial charge on any atom is -0.490 e. The molecule has 1 unspecified atom stereocenters. The molecule has 4 nitrogen and oxygen atoms in total. The fraction of sp³-hybridized carbons (Fsp3) is 0.462. The summed E-state index contributed by atoms with van der Waals surface area (Å²) in [5.74, 6) is 1.12. The number of nitrogens with two attached hydrogens (primary N) is 1. The number of benzene rings is 1. The van der Waals surface area contributed by atoms with Gasteiger partial charge in [-0.2, -0.15) is 0 Å². The highest BCUT2D eigenvalue weighted by Crippen LogP contribution is 2.23. The molecule has 0 radical (unpaired) electrons. The largest absolute Gasteiger partial charge is 0.490 e. The van der Waals surface area contributed by atoms with Crippen LogP contribution < -0.4 is 10.5 Å². The van der Waals surface area contributed by atoms with Crippen LogP contribution in [0.1, 0.15) is 31.9 Å². The molecule has 1 aromatic carbocycles. The first-order valence-electron chi connectivity index (χ1n) is 5.71. The van der Waals surface area contributed by atoms with Gasteiger partial charge >= 0.3 is 0 Å². The highest BCUT2D eigenvalue weighted by atomic mass is 16.5. The summed E-state index contributed by atoms with van der Waals surface area (Å²) >= 11 is 0. The van der Waals surface area contributed by atoms with E-state index < -0.39 is 0 Å². The molecule has 0 aliphatic carbocycles. The molecule has 0 aliphatic rings. The zero-order valence-electron chi connectivity index (χ0n) is 10.8. The molecule has 94 valence electrons. The van der Waals surface area contributed by atoms with Crippen LogP contribution in [0.25, 0.3) is 0 Å². The van der Waals surface area contributed by atoms with E-state index in [2.05, 4.69) is 19.0 Å². The molecule has 0 aromatic heterocycles. The van der Waals surface area contributed by atoms with Crippen molar-refractivity contribution in [3.05, 3.63) is 29.3 Å². The summed E-state index contributed by atoms with van der Waals surface area (Å²) < 4.78 is 5.84. The van der Waals surface area contributed by atoms with Gasteiger partial charge in [-0.25, -0.2) is 0 Å². The first-order chi connectivity index (χ1) is 7.95. The van der Waals surface area contributed by atoms with E-state index in [-0.39, 0.29) is 11.9 Å². The van der Waals surface area contributed by atoms with Crippen molar-refractivity contribution in [3.63, 3.8) is 0 Å².